The number of carbonyl (C=O) groups is 3. The molecule has 0 spiro atoms. The van der Waals surface area contributed by atoms with Crippen molar-refractivity contribution < 1.29 is 42.5 Å². The maximum Gasteiger partial charge on any atom is 0.484 e. The average molecular weight is 331 g/mol. The van der Waals surface area contributed by atoms with Gasteiger partial charge in [0.05, 0.1) is 6.92 Å². The molecule has 9 heteroatoms. The Morgan fingerprint density at radius 3 is 2.22 bits per heavy atom. The third-order valence-corrected chi connectivity index (χ3v) is 3.23. The summed E-state index contributed by atoms with van der Waals surface area (Å²) in [6.07, 6.45) is -4.44. The van der Waals surface area contributed by atoms with Crippen molar-refractivity contribution in [2.75, 3.05) is 6.61 Å². The summed E-state index contributed by atoms with van der Waals surface area (Å²) in [5.74, 6) is -1.45. The van der Waals surface area contributed by atoms with E-state index in [1.165, 1.54) is 20.8 Å². The maximum atomic E-state index is 11.4. The van der Waals surface area contributed by atoms with Gasteiger partial charge in [-0.2, -0.15) is 0 Å². The summed E-state index contributed by atoms with van der Waals surface area (Å²) in [5.41, 5.74) is 0. The van der Waals surface area contributed by atoms with E-state index < -0.39 is 48.6 Å². The van der Waals surface area contributed by atoms with Crippen LogP contribution < -0.4 is 0 Å². The van der Waals surface area contributed by atoms with Crippen LogP contribution >= 0.6 is 0 Å². The molecular weight excluding hydrogens is 312 g/mol. The van der Waals surface area contributed by atoms with Crippen LogP contribution in [0.3, 0.4) is 0 Å². The Bertz CT molecular complexity index is 526. The minimum atomic E-state index is -0.994. The molecule has 23 heavy (non-hydrogen) atoms. The van der Waals surface area contributed by atoms with Gasteiger partial charge in [0.25, 0.3) is 0 Å². The molecule has 1 fully saturated rings. The smallest absolute Gasteiger partial charge is 0.463 e. The van der Waals surface area contributed by atoms with Crippen LogP contribution in [-0.4, -0.2) is 61.2 Å². The van der Waals surface area contributed by atoms with Crippen molar-refractivity contribution in [1.29, 1.82) is 0 Å². The van der Waals surface area contributed by atoms with Gasteiger partial charge < -0.3 is 23.7 Å². The summed E-state index contributed by atoms with van der Waals surface area (Å²) in [6.45, 7) is 5.07. The molecule has 0 aromatic rings. The van der Waals surface area contributed by atoms with Crippen LogP contribution in [0.25, 0.3) is 0 Å². The maximum absolute atomic E-state index is 11.4. The largest absolute Gasteiger partial charge is 0.484 e. The second-order valence-electron chi connectivity index (χ2n) is 5.19. The molecule has 0 radical (unpaired) electrons. The predicted octanol–water partition coefficient (Wildman–Crippen LogP) is -0.381. The van der Waals surface area contributed by atoms with Crippen LogP contribution in [0.1, 0.15) is 27.7 Å². The summed E-state index contributed by atoms with van der Waals surface area (Å²) in [4.78, 5) is 33.8. The monoisotopic (exact) mass is 331 g/mol. The molecule has 1 saturated heterocycles. The van der Waals surface area contributed by atoms with Gasteiger partial charge in [0.2, 0.25) is 6.10 Å². The Morgan fingerprint density at radius 1 is 1.04 bits per heavy atom. The molecule has 0 unspecified atom stereocenters. The molecule has 2 heterocycles. The number of hydrogen-bond acceptors (Lipinski definition) is 8. The van der Waals surface area contributed by atoms with Gasteiger partial charge in [-0.25, -0.2) is 0 Å². The number of hydrogen-bond donors (Lipinski definition) is 0. The molecule has 0 aromatic heterocycles. The van der Waals surface area contributed by atoms with Crippen LogP contribution in [0.15, 0.2) is 0 Å². The van der Waals surface area contributed by atoms with Gasteiger partial charge in [-0.15, -0.1) is 0 Å². The third-order valence-electron chi connectivity index (χ3n) is 3.23. The lowest BCUT2D eigenvalue weighted by atomic mass is 9.98. The SMILES string of the molecule is CC(=O)OC[C@H]1O[C@@H]2[O+]=C(C)O[C@@H]2[C@@H](OC(C)=O)[C@@H]1OC(C)=O. The first-order valence-electron chi connectivity index (χ1n) is 7.08. The molecule has 0 N–H and O–H groups in total. The van der Waals surface area contributed by atoms with Gasteiger partial charge >= 0.3 is 36.3 Å². The molecule has 2 aliphatic rings. The summed E-state index contributed by atoms with van der Waals surface area (Å²) in [5, 5.41) is 0. The van der Waals surface area contributed by atoms with Crippen molar-refractivity contribution in [3.63, 3.8) is 0 Å². The lowest BCUT2D eigenvalue weighted by molar-refractivity contribution is -0.570. The molecule has 2 rings (SSSR count). The molecule has 2 aliphatic heterocycles. The lowest BCUT2D eigenvalue weighted by Crippen LogP contribution is -2.60. The Labute approximate surface area is 132 Å². The summed E-state index contributed by atoms with van der Waals surface area (Å²) in [7, 11) is 0. The van der Waals surface area contributed by atoms with E-state index in [-0.39, 0.29) is 12.6 Å². The zero-order chi connectivity index (χ0) is 17.1. The van der Waals surface area contributed by atoms with E-state index in [9.17, 15) is 14.4 Å². The fourth-order valence-corrected chi connectivity index (χ4v) is 2.47. The summed E-state index contributed by atoms with van der Waals surface area (Å²) < 4.78 is 31.9. The molecule has 128 valence electrons. The highest BCUT2D eigenvalue weighted by molar-refractivity contribution is 5.69. The Balaban J connectivity index is 2.25. The second kappa shape index (κ2) is 6.95. The number of rotatable bonds is 4. The highest BCUT2D eigenvalue weighted by atomic mass is 16.8. The molecule has 0 saturated carbocycles. The van der Waals surface area contributed by atoms with Crippen molar-refractivity contribution in [2.45, 2.75) is 58.4 Å². The Morgan fingerprint density at radius 2 is 1.65 bits per heavy atom. The first kappa shape index (κ1) is 17.2. The van der Waals surface area contributed by atoms with E-state index in [1.807, 2.05) is 0 Å². The first-order chi connectivity index (χ1) is 10.8. The van der Waals surface area contributed by atoms with E-state index in [0.717, 1.165) is 0 Å². The standard InChI is InChI=1S/C14H19O9/c1-6(15)18-5-10-11(19-7(2)16)12(20-8(3)17)13-14(23-10)22-9(4)21-13/h10-14H,5H2,1-4H3/q+1/t10-,11-,12+,13-,14+/m1/s1. The fourth-order valence-electron chi connectivity index (χ4n) is 2.47. The number of esters is 4. The Kier molecular flexibility index (Phi) is 5.19. The van der Waals surface area contributed by atoms with Crippen LogP contribution in [0.5, 0.6) is 0 Å². The molecule has 5 atom stereocenters. The van der Waals surface area contributed by atoms with Gasteiger partial charge in [0.1, 0.15) is 12.7 Å². The van der Waals surface area contributed by atoms with Crippen molar-refractivity contribution in [1.82, 2.24) is 0 Å². The zero-order valence-corrected chi connectivity index (χ0v) is 13.3. The van der Waals surface area contributed by atoms with Gasteiger partial charge in [0.15, 0.2) is 6.10 Å². The summed E-state index contributed by atoms with van der Waals surface area (Å²) >= 11 is 0. The molecule has 0 bridgehead atoms. The molecule has 0 amide bonds. The molecule has 0 aromatic carbocycles. The highest BCUT2D eigenvalue weighted by Gasteiger charge is 2.61. The third kappa shape index (κ3) is 4.19. The fraction of sp³-hybridized carbons (Fsp3) is 0.714. The van der Waals surface area contributed by atoms with Gasteiger partial charge in [0, 0.05) is 20.8 Å². The minimum Gasteiger partial charge on any atom is -0.463 e. The Hall–Kier alpha value is -2.16. The van der Waals surface area contributed by atoms with Crippen molar-refractivity contribution in [3.05, 3.63) is 0 Å². The predicted molar refractivity (Wildman–Crippen MR) is 72.0 cm³/mol. The molecule has 0 aliphatic carbocycles. The second-order valence-corrected chi connectivity index (χ2v) is 5.19. The van der Waals surface area contributed by atoms with Crippen molar-refractivity contribution >= 4 is 23.9 Å². The topological polar surface area (TPSA) is 109 Å². The van der Waals surface area contributed by atoms with Crippen molar-refractivity contribution in [2.24, 2.45) is 0 Å². The normalized spacial score (nSPS) is 32.2. The van der Waals surface area contributed by atoms with Crippen LogP contribution in [0.2, 0.25) is 0 Å². The van der Waals surface area contributed by atoms with E-state index in [2.05, 4.69) is 0 Å². The zero-order valence-electron chi connectivity index (χ0n) is 13.3. The number of fused-ring (bicyclic) bond motifs is 1. The van der Waals surface area contributed by atoms with Crippen LogP contribution in [-0.2, 0) is 42.5 Å². The summed E-state index contributed by atoms with van der Waals surface area (Å²) in [6, 6.07) is 0. The van der Waals surface area contributed by atoms with E-state index in [1.54, 1.807) is 6.92 Å². The van der Waals surface area contributed by atoms with E-state index >= 15 is 0 Å². The van der Waals surface area contributed by atoms with Crippen LogP contribution in [0, 0.1) is 0 Å². The first-order valence-corrected chi connectivity index (χ1v) is 7.08. The van der Waals surface area contributed by atoms with E-state index in [4.69, 9.17) is 28.1 Å². The van der Waals surface area contributed by atoms with Crippen molar-refractivity contribution in [3.8, 4) is 0 Å². The van der Waals surface area contributed by atoms with E-state index in [0.29, 0.717) is 0 Å². The number of ether oxygens (including phenoxy) is 5. The van der Waals surface area contributed by atoms with Gasteiger partial charge in [-0.05, 0) is 0 Å². The van der Waals surface area contributed by atoms with Gasteiger partial charge in [-0.1, -0.05) is 0 Å². The average Bonchev–Trinajstić information content (AvgIpc) is 2.78. The quantitative estimate of drug-likeness (QED) is 0.389. The van der Waals surface area contributed by atoms with Crippen LogP contribution in [0.4, 0.5) is 0 Å². The highest BCUT2D eigenvalue weighted by Crippen LogP contribution is 2.31. The number of carbonyl (C=O) groups excluding carboxylic acids is 4. The molecular formula is C14H19O9+. The minimum absolute atomic E-state index is 0.184. The van der Waals surface area contributed by atoms with Gasteiger partial charge in [-0.3, -0.25) is 18.8 Å². The molecule has 9 nitrogen and oxygen atoms in total. The lowest BCUT2D eigenvalue weighted by Gasteiger charge is -2.36.